The fourth-order valence-corrected chi connectivity index (χ4v) is 2.88. The summed E-state index contributed by atoms with van der Waals surface area (Å²) in [4.78, 5) is 20.5. The molecule has 4 nitrogen and oxygen atoms in total. The van der Waals surface area contributed by atoms with E-state index in [1.54, 1.807) is 12.1 Å². The number of anilines is 1. The predicted molar refractivity (Wildman–Crippen MR) is 94.1 cm³/mol. The molecule has 0 spiro atoms. The Morgan fingerprint density at radius 2 is 2.00 bits per heavy atom. The summed E-state index contributed by atoms with van der Waals surface area (Å²) in [5, 5.41) is 5.61. The van der Waals surface area contributed by atoms with E-state index >= 15 is 0 Å². The van der Waals surface area contributed by atoms with Gasteiger partial charge in [0.15, 0.2) is 5.13 Å². The number of hydrogen-bond acceptors (Lipinski definition) is 4. The molecule has 2 heterocycles. The molecule has 0 atom stereocenters. The number of aryl methyl sites for hydroxylation is 1. The number of benzene rings is 1. The minimum absolute atomic E-state index is 0.253. The molecule has 116 valence electrons. The van der Waals surface area contributed by atoms with Gasteiger partial charge in [0, 0.05) is 17.1 Å². The Bertz CT molecular complexity index is 813. The molecule has 0 aliphatic rings. The Labute approximate surface area is 143 Å². The first kappa shape index (κ1) is 15.6. The van der Waals surface area contributed by atoms with E-state index in [4.69, 9.17) is 11.6 Å². The van der Waals surface area contributed by atoms with Crippen LogP contribution in [0.4, 0.5) is 5.13 Å². The molecule has 2 aromatic heterocycles. The topological polar surface area (TPSA) is 54.9 Å². The van der Waals surface area contributed by atoms with Crippen LogP contribution in [0, 0.1) is 0 Å². The first-order valence-corrected chi connectivity index (χ1v) is 8.39. The van der Waals surface area contributed by atoms with Gasteiger partial charge in [0.2, 0.25) is 0 Å². The zero-order valence-corrected chi connectivity index (χ0v) is 14.0. The van der Waals surface area contributed by atoms with Gasteiger partial charge in [-0.1, -0.05) is 42.8 Å². The average molecular weight is 344 g/mol. The van der Waals surface area contributed by atoms with Crippen LogP contribution in [-0.4, -0.2) is 15.9 Å². The quantitative estimate of drug-likeness (QED) is 0.700. The Balaban J connectivity index is 1.73. The monoisotopic (exact) mass is 343 g/mol. The average Bonchev–Trinajstić information content (AvgIpc) is 3.04. The van der Waals surface area contributed by atoms with Crippen molar-refractivity contribution in [2.45, 2.75) is 13.3 Å². The number of halogens is 1. The first-order valence-electron chi connectivity index (χ1n) is 7.13. The second-order valence-corrected chi connectivity index (χ2v) is 6.16. The molecule has 3 aromatic rings. The number of carbonyl (C=O) groups is 1. The van der Waals surface area contributed by atoms with E-state index in [2.05, 4.69) is 34.3 Å². The molecule has 1 N–H and O–H groups in total. The first-order chi connectivity index (χ1) is 11.2. The molecular weight excluding hydrogens is 330 g/mol. The number of aromatic nitrogens is 2. The van der Waals surface area contributed by atoms with Crippen LogP contribution in [0.2, 0.25) is 5.15 Å². The summed E-state index contributed by atoms with van der Waals surface area (Å²) in [6.45, 7) is 2.12. The summed E-state index contributed by atoms with van der Waals surface area (Å²) in [6.07, 6.45) is 2.45. The van der Waals surface area contributed by atoms with E-state index in [0.29, 0.717) is 15.8 Å². The maximum atomic E-state index is 12.1. The lowest BCUT2D eigenvalue weighted by Crippen LogP contribution is -2.11. The minimum Gasteiger partial charge on any atom is -0.298 e. The van der Waals surface area contributed by atoms with Crippen molar-refractivity contribution in [1.82, 2.24) is 9.97 Å². The minimum atomic E-state index is -0.253. The van der Waals surface area contributed by atoms with E-state index in [1.165, 1.54) is 23.1 Å². The molecule has 0 saturated heterocycles. The van der Waals surface area contributed by atoms with E-state index in [1.807, 2.05) is 17.5 Å². The van der Waals surface area contributed by atoms with Gasteiger partial charge in [-0.2, -0.15) is 0 Å². The highest BCUT2D eigenvalue weighted by atomic mass is 35.5. The molecule has 0 fully saturated rings. The molecule has 23 heavy (non-hydrogen) atoms. The van der Waals surface area contributed by atoms with Gasteiger partial charge in [0.25, 0.3) is 5.91 Å². The molecule has 0 aliphatic heterocycles. The van der Waals surface area contributed by atoms with Crippen LogP contribution < -0.4 is 5.32 Å². The smallest absolute Gasteiger partial charge is 0.259 e. The van der Waals surface area contributed by atoms with Crippen molar-refractivity contribution in [3.05, 3.63) is 64.3 Å². The highest BCUT2D eigenvalue weighted by molar-refractivity contribution is 7.14. The zero-order valence-electron chi connectivity index (χ0n) is 12.4. The SMILES string of the molecule is CCc1ccc(-c2csc(NC(=O)c3ccc(Cl)nc3)n2)cc1. The second kappa shape index (κ2) is 6.89. The van der Waals surface area contributed by atoms with Crippen LogP contribution in [0.3, 0.4) is 0 Å². The van der Waals surface area contributed by atoms with Crippen molar-refractivity contribution in [2.75, 3.05) is 5.32 Å². The van der Waals surface area contributed by atoms with Crippen LogP contribution in [0.15, 0.2) is 48.0 Å². The number of hydrogen-bond donors (Lipinski definition) is 1. The van der Waals surface area contributed by atoms with Crippen LogP contribution in [0.5, 0.6) is 0 Å². The number of nitrogens with one attached hydrogen (secondary N) is 1. The maximum Gasteiger partial charge on any atom is 0.259 e. The van der Waals surface area contributed by atoms with Gasteiger partial charge in [0.05, 0.1) is 11.3 Å². The highest BCUT2D eigenvalue weighted by Gasteiger charge is 2.10. The summed E-state index contributed by atoms with van der Waals surface area (Å²) in [5.74, 6) is -0.253. The largest absolute Gasteiger partial charge is 0.298 e. The van der Waals surface area contributed by atoms with Crippen molar-refractivity contribution in [3.63, 3.8) is 0 Å². The molecule has 1 aromatic carbocycles. The molecule has 3 rings (SSSR count). The zero-order chi connectivity index (χ0) is 16.2. The summed E-state index contributed by atoms with van der Waals surface area (Å²) in [5.41, 5.74) is 3.61. The van der Waals surface area contributed by atoms with E-state index < -0.39 is 0 Å². The normalized spacial score (nSPS) is 10.5. The molecule has 0 unspecified atom stereocenters. The summed E-state index contributed by atoms with van der Waals surface area (Å²) >= 11 is 7.11. The fraction of sp³-hybridized carbons (Fsp3) is 0.118. The third kappa shape index (κ3) is 3.75. The van der Waals surface area contributed by atoms with Crippen LogP contribution in [0.1, 0.15) is 22.8 Å². The Morgan fingerprint density at radius 1 is 1.22 bits per heavy atom. The van der Waals surface area contributed by atoms with Crippen molar-refractivity contribution in [1.29, 1.82) is 0 Å². The maximum absolute atomic E-state index is 12.1. The Morgan fingerprint density at radius 3 is 2.65 bits per heavy atom. The lowest BCUT2D eigenvalue weighted by atomic mass is 10.1. The van der Waals surface area contributed by atoms with Gasteiger partial charge in [-0.25, -0.2) is 9.97 Å². The molecule has 1 amide bonds. The van der Waals surface area contributed by atoms with E-state index in [0.717, 1.165) is 17.7 Å². The van der Waals surface area contributed by atoms with Crippen LogP contribution >= 0.6 is 22.9 Å². The number of carbonyl (C=O) groups excluding carboxylic acids is 1. The number of nitrogens with zero attached hydrogens (tertiary/aromatic N) is 2. The third-order valence-electron chi connectivity index (χ3n) is 3.37. The molecule has 0 bridgehead atoms. The van der Waals surface area contributed by atoms with Gasteiger partial charge < -0.3 is 0 Å². The highest BCUT2D eigenvalue weighted by Crippen LogP contribution is 2.25. The molecule has 0 radical (unpaired) electrons. The summed E-state index contributed by atoms with van der Waals surface area (Å²) in [6, 6.07) is 11.5. The second-order valence-electron chi connectivity index (χ2n) is 4.91. The third-order valence-corrected chi connectivity index (χ3v) is 4.35. The lowest BCUT2D eigenvalue weighted by Gasteiger charge is -2.01. The number of rotatable bonds is 4. The molecule has 0 aliphatic carbocycles. The number of amides is 1. The van der Waals surface area contributed by atoms with Crippen LogP contribution in [-0.2, 0) is 6.42 Å². The van der Waals surface area contributed by atoms with Crippen LogP contribution in [0.25, 0.3) is 11.3 Å². The van der Waals surface area contributed by atoms with E-state index in [-0.39, 0.29) is 5.91 Å². The fourth-order valence-electron chi connectivity index (χ4n) is 2.05. The number of pyridine rings is 1. The van der Waals surface area contributed by atoms with Gasteiger partial charge in [-0.05, 0) is 24.1 Å². The summed E-state index contributed by atoms with van der Waals surface area (Å²) in [7, 11) is 0. The number of thiazole rings is 1. The standard InChI is InChI=1S/C17H14ClN3OS/c1-2-11-3-5-12(6-4-11)14-10-23-17(20-14)21-16(22)13-7-8-15(18)19-9-13/h3-10H,2H2,1H3,(H,20,21,22). The van der Waals surface area contributed by atoms with E-state index in [9.17, 15) is 4.79 Å². The van der Waals surface area contributed by atoms with Gasteiger partial charge >= 0.3 is 0 Å². The van der Waals surface area contributed by atoms with Crippen molar-refractivity contribution in [3.8, 4) is 11.3 Å². The van der Waals surface area contributed by atoms with Gasteiger partial charge in [-0.15, -0.1) is 11.3 Å². The molecule has 6 heteroatoms. The Hall–Kier alpha value is -2.24. The van der Waals surface area contributed by atoms with Crippen molar-refractivity contribution in [2.24, 2.45) is 0 Å². The predicted octanol–water partition coefficient (Wildman–Crippen LogP) is 4.67. The summed E-state index contributed by atoms with van der Waals surface area (Å²) < 4.78 is 0. The van der Waals surface area contributed by atoms with Gasteiger partial charge in [0.1, 0.15) is 5.15 Å². The molecule has 0 saturated carbocycles. The van der Waals surface area contributed by atoms with Crippen molar-refractivity contribution >= 4 is 34.0 Å². The van der Waals surface area contributed by atoms with Gasteiger partial charge in [-0.3, -0.25) is 10.1 Å². The Kier molecular flexibility index (Phi) is 4.69. The lowest BCUT2D eigenvalue weighted by molar-refractivity contribution is 0.102. The molecular formula is C17H14ClN3OS. The van der Waals surface area contributed by atoms with Crippen molar-refractivity contribution < 1.29 is 4.79 Å².